The fraction of sp³-hybridized carbons (Fsp3) is 0.500. The van der Waals surface area contributed by atoms with Crippen LogP contribution in [0.15, 0.2) is 18.3 Å². The van der Waals surface area contributed by atoms with Crippen molar-refractivity contribution in [1.82, 2.24) is 4.98 Å². The minimum atomic E-state index is 0.801. The van der Waals surface area contributed by atoms with E-state index in [4.69, 9.17) is 4.74 Å². The van der Waals surface area contributed by atoms with E-state index >= 15 is 0 Å². The molecule has 13 heavy (non-hydrogen) atoms. The molecule has 2 rings (SSSR count). The quantitative estimate of drug-likeness (QED) is 0.757. The number of aromatic nitrogens is 1. The highest BCUT2D eigenvalue weighted by Gasteiger charge is 2.21. The number of rotatable bonds is 4. The van der Waals surface area contributed by atoms with Crippen LogP contribution in [0.1, 0.15) is 18.5 Å². The average Bonchev–Trinajstić information content (AvgIpc) is 2.99. The topological polar surface area (TPSA) is 22.1 Å². The van der Waals surface area contributed by atoms with E-state index < -0.39 is 0 Å². The van der Waals surface area contributed by atoms with Crippen LogP contribution in [0, 0.1) is 5.92 Å². The zero-order valence-corrected chi connectivity index (χ0v) is 8.96. The Kier molecular flexibility index (Phi) is 2.83. The van der Waals surface area contributed by atoms with Crippen LogP contribution in [0.3, 0.4) is 0 Å². The van der Waals surface area contributed by atoms with Gasteiger partial charge in [0.05, 0.1) is 18.5 Å². The molecule has 0 atom stereocenters. The molecule has 0 aromatic carbocycles. The maximum atomic E-state index is 5.55. The van der Waals surface area contributed by atoms with Crippen molar-refractivity contribution >= 4 is 15.9 Å². The van der Waals surface area contributed by atoms with Gasteiger partial charge in [-0.05, 0) is 30.9 Å². The number of hydrogen-bond donors (Lipinski definition) is 0. The van der Waals surface area contributed by atoms with Crippen molar-refractivity contribution in [3.05, 3.63) is 24.0 Å². The van der Waals surface area contributed by atoms with Crippen molar-refractivity contribution in [2.75, 3.05) is 6.61 Å². The number of pyridine rings is 1. The third kappa shape index (κ3) is 2.69. The van der Waals surface area contributed by atoms with Gasteiger partial charge in [0.25, 0.3) is 0 Å². The molecule has 70 valence electrons. The Bertz CT molecular complexity index is 269. The Labute approximate surface area is 86.5 Å². The third-order valence-electron chi connectivity index (χ3n) is 2.12. The van der Waals surface area contributed by atoms with Gasteiger partial charge in [-0.3, -0.25) is 4.98 Å². The Hall–Kier alpha value is -0.570. The molecular formula is C10H12BrNO. The summed E-state index contributed by atoms with van der Waals surface area (Å²) < 4.78 is 5.55. The molecule has 0 bridgehead atoms. The summed E-state index contributed by atoms with van der Waals surface area (Å²) in [4.78, 5) is 4.22. The van der Waals surface area contributed by atoms with E-state index in [1.165, 1.54) is 12.8 Å². The molecular weight excluding hydrogens is 230 g/mol. The first-order chi connectivity index (χ1) is 6.38. The molecule has 0 saturated heterocycles. The van der Waals surface area contributed by atoms with E-state index in [1.54, 1.807) is 6.20 Å². The minimum absolute atomic E-state index is 0.801. The largest absolute Gasteiger partial charge is 0.492 e. The molecule has 3 heteroatoms. The Morgan fingerprint density at radius 2 is 2.31 bits per heavy atom. The van der Waals surface area contributed by atoms with Crippen molar-refractivity contribution in [2.24, 2.45) is 5.92 Å². The summed E-state index contributed by atoms with van der Waals surface area (Å²) in [7, 11) is 0. The second kappa shape index (κ2) is 4.09. The van der Waals surface area contributed by atoms with Gasteiger partial charge in [0.15, 0.2) is 0 Å². The van der Waals surface area contributed by atoms with Crippen molar-refractivity contribution in [3.63, 3.8) is 0 Å². The maximum Gasteiger partial charge on any atom is 0.137 e. The fourth-order valence-electron chi connectivity index (χ4n) is 1.07. The van der Waals surface area contributed by atoms with Crippen LogP contribution in [0.4, 0.5) is 0 Å². The van der Waals surface area contributed by atoms with Gasteiger partial charge in [0.2, 0.25) is 0 Å². The number of nitrogens with zero attached hydrogens (tertiary/aromatic N) is 1. The van der Waals surface area contributed by atoms with E-state index in [2.05, 4.69) is 20.9 Å². The van der Waals surface area contributed by atoms with Gasteiger partial charge < -0.3 is 4.74 Å². The number of hydrogen-bond acceptors (Lipinski definition) is 2. The summed E-state index contributed by atoms with van der Waals surface area (Å²) in [6.07, 6.45) is 4.44. The normalized spacial score (nSPS) is 15.8. The van der Waals surface area contributed by atoms with Gasteiger partial charge in [-0.25, -0.2) is 0 Å². The predicted octanol–water partition coefficient (Wildman–Crippen LogP) is 2.77. The van der Waals surface area contributed by atoms with E-state index in [9.17, 15) is 0 Å². The first kappa shape index (κ1) is 9.00. The molecule has 0 unspecified atom stereocenters. The van der Waals surface area contributed by atoms with Crippen LogP contribution in [0.5, 0.6) is 5.75 Å². The predicted molar refractivity (Wildman–Crippen MR) is 55.1 cm³/mol. The minimum Gasteiger partial charge on any atom is -0.492 e. The molecule has 0 aliphatic heterocycles. The zero-order valence-electron chi connectivity index (χ0n) is 7.37. The maximum absolute atomic E-state index is 5.55. The van der Waals surface area contributed by atoms with Crippen LogP contribution in [0.2, 0.25) is 0 Å². The molecule has 2 nitrogen and oxygen atoms in total. The second-order valence-corrected chi connectivity index (χ2v) is 3.93. The van der Waals surface area contributed by atoms with E-state index in [1.807, 2.05) is 12.1 Å². The molecule has 1 fully saturated rings. The SMILES string of the molecule is BrCc1ccc(OCC2CC2)cn1. The summed E-state index contributed by atoms with van der Waals surface area (Å²) in [5.74, 6) is 1.69. The lowest BCUT2D eigenvalue weighted by Gasteiger charge is -2.04. The molecule has 1 aliphatic rings. The van der Waals surface area contributed by atoms with Crippen LogP contribution < -0.4 is 4.74 Å². The standard InChI is InChI=1S/C10H12BrNO/c11-5-9-3-4-10(6-12-9)13-7-8-1-2-8/h3-4,6,8H,1-2,5,7H2. The van der Waals surface area contributed by atoms with Gasteiger partial charge in [-0.2, -0.15) is 0 Å². The van der Waals surface area contributed by atoms with Gasteiger partial charge in [0, 0.05) is 5.33 Å². The van der Waals surface area contributed by atoms with Gasteiger partial charge >= 0.3 is 0 Å². The highest BCUT2D eigenvalue weighted by Crippen LogP contribution is 2.29. The highest BCUT2D eigenvalue weighted by atomic mass is 79.9. The molecule has 0 amide bonds. The first-order valence-electron chi connectivity index (χ1n) is 4.52. The molecule has 0 N–H and O–H groups in total. The molecule has 1 saturated carbocycles. The van der Waals surface area contributed by atoms with Crippen molar-refractivity contribution in [3.8, 4) is 5.75 Å². The Morgan fingerprint density at radius 3 is 2.85 bits per heavy atom. The lowest BCUT2D eigenvalue weighted by atomic mass is 10.4. The second-order valence-electron chi connectivity index (χ2n) is 3.37. The Morgan fingerprint density at radius 1 is 1.46 bits per heavy atom. The number of ether oxygens (including phenoxy) is 1. The first-order valence-corrected chi connectivity index (χ1v) is 5.64. The number of halogens is 1. The van der Waals surface area contributed by atoms with Crippen molar-refractivity contribution in [2.45, 2.75) is 18.2 Å². The van der Waals surface area contributed by atoms with E-state index in [0.29, 0.717) is 0 Å². The lowest BCUT2D eigenvalue weighted by molar-refractivity contribution is 0.298. The Balaban J connectivity index is 1.88. The fourth-order valence-corrected chi connectivity index (χ4v) is 1.41. The van der Waals surface area contributed by atoms with Gasteiger partial charge in [0.1, 0.15) is 5.75 Å². The summed E-state index contributed by atoms with van der Waals surface area (Å²) in [5, 5.41) is 0.801. The molecule has 1 heterocycles. The zero-order chi connectivity index (χ0) is 9.10. The molecule has 1 aromatic rings. The average molecular weight is 242 g/mol. The van der Waals surface area contributed by atoms with Gasteiger partial charge in [-0.15, -0.1) is 0 Å². The number of alkyl halides is 1. The van der Waals surface area contributed by atoms with Crippen LogP contribution in [-0.2, 0) is 5.33 Å². The molecule has 1 aromatic heterocycles. The summed E-state index contributed by atoms with van der Waals surface area (Å²) >= 11 is 3.35. The van der Waals surface area contributed by atoms with Crippen molar-refractivity contribution < 1.29 is 4.74 Å². The monoisotopic (exact) mass is 241 g/mol. The van der Waals surface area contributed by atoms with Crippen LogP contribution in [-0.4, -0.2) is 11.6 Å². The summed E-state index contributed by atoms with van der Waals surface area (Å²) in [5.41, 5.74) is 1.04. The molecule has 0 radical (unpaired) electrons. The summed E-state index contributed by atoms with van der Waals surface area (Å²) in [6.45, 7) is 0.856. The highest BCUT2D eigenvalue weighted by molar-refractivity contribution is 9.08. The van der Waals surface area contributed by atoms with Crippen LogP contribution >= 0.6 is 15.9 Å². The molecule has 0 spiro atoms. The van der Waals surface area contributed by atoms with Gasteiger partial charge in [-0.1, -0.05) is 15.9 Å². The molecule has 1 aliphatic carbocycles. The summed E-state index contributed by atoms with van der Waals surface area (Å²) in [6, 6.07) is 3.96. The van der Waals surface area contributed by atoms with E-state index in [0.717, 1.165) is 29.3 Å². The lowest BCUT2D eigenvalue weighted by Crippen LogP contribution is -1.99. The third-order valence-corrected chi connectivity index (χ3v) is 2.69. The van der Waals surface area contributed by atoms with Crippen LogP contribution in [0.25, 0.3) is 0 Å². The smallest absolute Gasteiger partial charge is 0.137 e. The van der Waals surface area contributed by atoms with E-state index in [-0.39, 0.29) is 0 Å². The van der Waals surface area contributed by atoms with Crippen molar-refractivity contribution in [1.29, 1.82) is 0 Å².